The highest BCUT2D eigenvalue weighted by atomic mass is 79.9. The minimum absolute atomic E-state index is 0.299. The SMILES string of the molecule is Cc1cc(Br)cnc1N1C(=O)C2CCC(O2)C1=O. The van der Waals surface area contributed by atoms with Gasteiger partial charge >= 0.3 is 0 Å². The summed E-state index contributed by atoms with van der Waals surface area (Å²) in [5.74, 6) is -0.188. The van der Waals surface area contributed by atoms with Gasteiger partial charge < -0.3 is 4.74 Å². The Bertz CT molecular complexity index is 524. The number of carbonyl (C=O) groups excluding carboxylic acids is 2. The summed E-state index contributed by atoms with van der Waals surface area (Å²) in [4.78, 5) is 29.7. The fraction of sp³-hybridized carbons (Fsp3) is 0.417. The third-order valence-electron chi connectivity index (χ3n) is 3.24. The van der Waals surface area contributed by atoms with Crippen molar-refractivity contribution in [3.8, 4) is 0 Å². The van der Waals surface area contributed by atoms with E-state index < -0.39 is 12.2 Å². The number of amides is 2. The molecule has 0 N–H and O–H groups in total. The number of rotatable bonds is 1. The van der Waals surface area contributed by atoms with E-state index in [4.69, 9.17) is 4.74 Å². The van der Waals surface area contributed by atoms with Crippen LogP contribution in [0.3, 0.4) is 0 Å². The molecule has 2 atom stereocenters. The van der Waals surface area contributed by atoms with Crippen molar-refractivity contribution in [1.82, 2.24) is 4.98 Å². The number of aryl methyl sites for hydroxylation is 1. The summed E-state index contributed by atoms with van der Waals surface area (Å²) in [5, 5.41) is 0. The Hall–Kier alpha value is -1.27. The zero-order valence-corrected chi connectivity index (χ0v) is 11.3. The Morgan fingerprint density at radius 1 is 1.33 bits per heavy atom. The van der Waals surface area contributed by atoms with Crippen molar-refractivity contribution in [1.29, 1.82) is 0 Å². The number of aromatic nitrogens is 1. The lowest BCUT2D eigenvalue weighted by Gasteiger charge is -2.29. The normalized spacial score (nSPS) is 26.9. The van der Waals surface area contributed by atoms with Crippen LogP contribution in [0.15, 0.2) is 16.7 Å². The number of pyridine rings is 1. The van der Waals surface area contributed by atoms with E-state index in [9.17, 15) is 9.59 Å². The van der Waals surface area contributed by atoms with Crippen LogP contribution in [0.2, 0.25) is 0 Å². The van der Waals surface area contributed by atoms with Crippen LogP contribution in [0.4, 0.5) is 5.82 Å². The number of imide groups is 1. The van der Waals surface area contributed by atoms with Gasteiger partial charge in [0.15, 0.2) is 0 Å². The summed E-state index contributed by atoms with van der Waals surface area (Å²) >= 11 is 3.31. The Labute approximate surface area is 112 Å². The fourth-order valence-electron chi connectivity index (χ4n) is 2.37. The van der Waals surface area contributed by atoms with Crippen LogP contribution in [-0.2, 0) is 14.3 Å². The van der Waals surface area contributed by atoms with E-state index in [1.165, 1.54) is 4.90 Å². The number of nitrogens with zero attached hydrogens (tertiary/aromatic N) is 2. The fourth-order valence-corrected chi connectivity index (χ4v) is 2.82. The second-order valence-corrected chi connectivity index (χ2v) is 5.41. The quantitative estimate of drug-likeness (QED) is 0.739. The number of morpholine rings is 1. The predicted octanol–water partition coefficient (Wildman–Crippen LogP) is 1.57. The smallest absolute Gasteiger partial charge is 0.264 e. The zero-order chi connectivity index (χ0) is 12.9. The van der Waals surface area contributed by atoms with E-state index in [0.29, 0.717) is 18.7 Å². The van der Waals surface area contributed by atoms with Gasteiger partial charge in [0.25, 0.3) is 11.8 Å². The molecule has 3 heterocycles. The first-order valence-electron chi connectivity index (χ1n) is 5.73. The number of hydrogen-bond donors (Lipinski definition) is 0. The first-order valence-corrected chi connectivity index (χ1v) is 6.52. The maximum absolute atomic E-state index is 12.2. The number of ether oxygens (including phenoxy) is 1. The highest BCUT2D eigenvalue weighted by molar-refractivity contribution is 9.10. The van der Waals surface area contributed by atoms with Gasteiger partial charge in [-0.1, -0.05) is 0 Å². The van der Waals surface area contributed by atoms with Crippen molar-refractivity contribution in [3.63, 3.8) is 0 Å². The van der Waals surface area contributed by atoms with Gasteiger partial charge in [-0.15, -0.1) is 0 Å². The zero-order valence-electron chi connectivity index (χ0n) is 9.72. The Morgan fingerprint density at radius 3 is 2.50 bits per heavy atom. The number of anilines is 1. The molecule has 0 spiro atoms. The second-order valence-electron chi connectivity index (χ2n) is 4.50. The molecule has 0 radical (unpaired) electrons. The standard InChI is InChI=1S/C12H11BrN2O3/c1-6-4-7(13)5-14-10(6)15-11(16)8-2-3-9(18-8)12(15)17/h4-5,8-9H,2-3H2,1H3. The van der Waals surface area contributed by atoms with Crippen LogP contribution in [0, 0.1) is 6.92 Å². The monoisotopic (exact) mass is 310 g/mol. The molecule has 5 nitrogen and oxygen atoms in total. The Morgan fingerprint density at radius 2 is 1.94 bits per heavy atom. The molecule has 18 heavy (non-hydrogen) atoms. The maximum atomic E-state index is 12.2. The molecule has 0 saturated carbocycles. The van der Waals surface area contributed by atoms with Crippen molar-refractivity contribution in [2.75, 3.05) is 4.90 Å². The molecule has 3 rings (SSSR count). The second kappa shape index (κ2) is 4.13. The van der Waals surface area contributed by atoms with Crippen molar-refractivity contribution in [2.24, 2.45) is 0 Å². The van der Waals surface area contributed by atoms with Crippen LogP contribution in [-0.4, -0.2) is 29.0 Å². The number of fused-ring (bicyclic) bond motifs is 2. The lowest BCUT2D eigenvalue weighted by molar-refractivity contribution is -0.147. The molecule has 1 aromatic rings. The van der Waals surface area contributed by atoms with Crippen molar-refractivity contribution >= 4 is 33.6 Å². The molecule has 2 aliphatic heterocycles. The van der Waals surface area contributed by atoms with E-state index in [1.807, 2.05) is 13.0 Å². The van der Waals surface area contributed by atoms with Crippen LogP contribution >= 0.6 is 15.9 Å². The number of carbonyl (C=O) groups is 2. The van der Waals surface area contributed by atoms with Crippen LogP contribution in [0.1, 0.15) is 18.4 Å². The molecule has 0 aromatic carbocycles. The van der Waals surface area contributed by atoms with E-state index in [2.05, 4.69) is 20.9 Å². The minimum Gasteiger partial charge on any atom is -0.355 e. The molecule has 6 heteroatoms. The van der Waals surface area contributed by atoms with Gasteiger partial charge in [0.2, 0.25) is 0 Å². The van der Waals surface area contributed by atoms with E-state index in [0.717, 1.165) is 10.0 Å². The first-order chi connectivity index (χ1) is 8.58. The van der Waals surface area contributed by atoms with Gasteiger partial charge in [-0.05, 0) is 47.3 Å². The molecule has 1 aromatic heterocycles. The molecule has 2 bridgehead atoms. The van der Waals surface area contributed by atoms with Crippen molar-refractivity contribution < 1.29 is 14.3 Å². The summed E-state index contributed by atoms with van der Waals surface area (Å²) < 4.78 is 6.18. The summed E-state index contributed by atoms with van der Waals surface area (Å²) in [6, 6.07) is 1.83. The Kier molecular flexibility index (Phi) is 2.71. The third-order valence-corrected chi connectivity index (χ3v) is 3.67. The molecular weight excluding hydrogens is 300 g/mol. The lowest BCUT2D eigenvalue weighted by Crippen LogP contribution is -2.52. The van der Waals surface area contributed by atoms with Gasteiger partial charge in [0.05, 0.1) is 0 Å². The molecule has 2 fully saturated rings. The first kappa shape index (κ1) is 11.8. The summed E-state index contributed by atoms with van der Waals surface area (Å²) in [6.45, 7) is 1.82. The Balaban J connectivity index is 2.05. The topological polar surface area (TPSA) is 59.5 Å². The van der Waals surface area contributed by atoms with Gasteiger partial charge in [0, 0.05) is 10.7 Å². The highest BCUT2D eigenvalue weighted by Gasteiger charge is 2.47. The lowest BCUT2D eigenvalue weighted by atomic mass is 10.2. The average molecular weight is 311 g/mol. The molecular formula is C12H11BrN2O3. The number of halogens is 1. The predicted molar refractivity (Wildman–Crippen MR) is 67.1 cm³/mol. The largest absolute Gasteiger partial charge is 0.355 e. The van der Waals surface area contributed by atoms with Crippen LogP contribution in [0.5, 0.6) is 0 Å². The minimum atomic E-state index is -0.488. The van der Waals surface area contributed by atoms with E-state index in [-0.39, 0.29) is 11.8 Å². The molecule has 0 aliphatic carbocycles. The molecule has 2 saturated heterocycles. The van der Waals surface area contributed by atoms with E-state index >= 15 is 0 Å². The van der Waals surface area contributed by atoms with Crippen LogP contribution in [0.25, 0.3) is 0 Å². The van der Waals surface area contributed by atoms with Gasteiger partial charge in [0.1, 0.15) is 18.0 Å². The van der Waals surface area contributed by atoms with Gasteiger partial charge in [-0.3, -0.25) is 9.59 Å². The molecule has 2 amide bonds. The third kappa shape index (κ3) is 1.67. The summed E-state index contributed by atoms with van der Waals surface area (Å²) in [6.07, 6.45) is 1.83. The van der Waals surface area contributed by atoms with Gasteiger partial charge in [-0.25, -0.2) is 9.88 Å². The van der Waals surface area contributed by atoms with Crippen LogP contribution < -0.4 is 4.90 Å². The van der Waals surface area contributed by atoms with E-state index in [1.54, 1.807) is 6.20 Å². The molecule has 94 valence electrons. The maximum Gasteiger partial charge on any atom is 0.264 e. The highest BCUT2D eigenvalue weighted by Crippen LogP contribution is 2.32. The van der Waals surface area contributed by atoms with Crippen molar-refractivity contribution in [2.45, 2.75) is 32.0 Å². The number of hydrogen-bond acceptors (Lipinski definition) is 4. The summed E-state index contributed by atoms with van der Waals surface area (Å²) in [5.41, 5.74) is 0.785. The average Bonchev–Trinajstić information content (AvgIpc) is 2.76. The summed E-state index contributed by atoms with van der Waals surface area (Å²) in [7, 11) is 0. The van der Waals surface area contributed by atoms with Crippen molar-refractivity contribution in [3.05, 3.63) is 22.3 Å². The molecule has 2 aliphatic rings. The van der Waals surface area contributed by atoms with Gasteiger partial charge in [-0.2, -0.15) is 0 Å². The molecule has 2 unspecified atom stereocenters.